The van der Waals surface area contributed by atoms with E-state index in [1.165, 1.54) is 19.2 Å². The van der Waals surface area contributed by atoms with Crippen LogP contribution >= 0.6 is 15.9 Å². The first-order chi connectivity index (χ1) is 6.95. The lowest BCUT2D eigenvalue weighted by molar-refractivity contribution is -0.138. The van der Waals surface area contributed by atoms with E-state index in [4.69, 9.17) is 4.74 Å². The molecule has 0 saturated carbocycles. The predicted octanol–water partition coefficient (Wildman–Crippen LogP) is 3.45. The molecule has 0 bridgehead atoms. The lowest BCUT2D eigenvalue weighted by Gasteiger charge is -2.11. The van der Waals surface area contributed by atoms with Gasteiger partial charge in [0.05, 0.1) is 5.56 Å². The van der Waals surface area contributed by atoms with Crippen molar-refractivity contribution >= 4 is 15.9 Å². The van der Waals surface area contributed by atoms with Gasteiger partial charge in [-0.25, -0.2) is 0 Å². The minimum atomic E-state index is -4.40. The van der Waals surface area contributed by atoms with Crippen molar-refractivity contribution < 1.29 is 22.6 Å². The van der Waals surface area contributed by atoms with Gasteiger partial charge in [-0.15, -0.1) is 0 Å². The molecule has 0 radical (unpaired) electrons. The first-order valence-corrected chi connectivity index (χ1v) is 4.73. The van der Waals surface area contributed by atoms with E-state index in [0.29, 0.717) is 0 Å². The van der Waals surface area contributed by atoms with Crippen molar-refractivity contribution in [3.05, 3.63) is 28.2 Å². The molecule has 0 saturated heterocycles. The molecule has 1 aromatic carbocycles. The Kier molecular flexibility index (Phi) is 3.98. The molecule has 0 unspecified atom stereocenters. The monoisotopic (exact) mass is 284 g/mol. The van der Waals surface area contributed by atoms with Crippen molar-refractivity contribution in [3.8, 4) is 5.75 Å². The molecule has 0 N–H and O–H groups in total. The molecule has 0 aliphatic carbocycles. The minimum absolute atomic E-state index is 0.0141. The quantitative estimate of drug-likeness (QED) is 0.792. The molecule has 0 fully saturated rings. The maximum Gasteiger partial charge on any atom is 0.417 e. The van der Waals surface area contributed by atoms with Crippen LogP contribution in [0.15, 0.2) is 22.7 Å². The summed E-state index contributed by atoms with van der Waals surface area (Å²) in [5, 5.41) is 0. The largest absolute Gasteiger partial charge is 0.468 e. The van der Waals surface area contributed by atoms with Crippen molar-refractivity contribution in [2.45, 2.75) is 6.18 Å². The summed E-state index contributed by atoms with van der Waals surface area (Å²) >= 11 is 2.83. The zero-order chi connectivity index (χ0) is 11.5. The molecule has 84 valence electrons. The van der Waals surface area contributed by atoms with Crippen molar-refractivity contribution in [2.75, 3.05) is 13.9 Å². The lowest BCUT2D eigenvalue weighted by Crippen LogP contribution is -2.07. The van der Waals surface area contributed by atoms with Crippen molar-refractivity contribution in [2.24, 2.45) is 0 Å². The van der Waals surface area contributed by atoms with Crippen LogP contribution < -0.4 is 4.74 Å². The average Bonchev–Trinajstić information content (AvgIpc) is 2.15. The van der Waals surface area contributed by atoms with E-state index in [2.05, 4.69) is 20.7 Å². The molecule has 15 heavy (non-hydrogen) atoms. The summed E-state index contributed by atoms with van der Waals surface area (Å²) in [5.41, 5.74) is -0.767. The third kappa shape index (κ3) is 3.39. The number of halogens is 4. The maximum absolute atomic E-state index is 12.4. The Morgan fingerprint density at radius 2 is 2.00 bits per heavy atom. The smallest absolute Gasteiger partial charge is 0.417 e. The number of hydrogen-bond acceptors (Lipinski definition) is 2. The summed E-state index contributed by atoms with van der Waals surface area (Å²) in [6, 6.07) is 3.63. The van der Waals surface area contributed by atoms with Crippen LogP contribution in [0.3, 0.4) is 0 Å². The van der Waals surface area contributed by atoms with E-state index >= 15 is 0 Å². The summed E-state index contributed by atoms with van der Waals surface area (Å²) in [6.07, 6.45) is -4.40. The fraction of sp³-hybridized carbons (Fsp3) is 0.333. The van der Waals surface area contributed by atoms with Gasteiger partial charge in [0.25, 0.3) is 0 Å². The normalized spacial score (nSPS) is 11.5. The number of benzene rings is 1. The zero-order valence-corrected chi connectivity index (χ0v) is 9.35. The number of alkyl halides is 3. The molecule has 2 nitrogen and oxygen atoms in total. The molecule has 0 atom stereocenters. The first-order valence-electron chi connectivity index (χ1n) is 3.93. The maximum atomic E-state index is 12.4. The molecular weight excluding hydrogens is 277 g/mol. The summed E-state index contributed by atoms with van der Waals surface area (Å²) in [5.74, 6) is 0.118. The van der Waals surface area contributed by atoms with Gasteiger partial charge < -0.3 is 9.47 Å². The number of hydrogen-bond donors (Lipinski definition) is 0. The van der Waals surface area contributed by atoms with Crippen LogP contribution in [0.4, 0.5) is 13.2 Å². The van der Waals surface area contributed by atoms with Gasteiger partial charge in [-0.3, -0.25) is 0 Å². The highest BCUT2D eigenvalue weighted by Gasteiger charge is 2.33. The van der Waals surface area contributed by atoms with Crippen LogP contribution in [0.1, 0.15) is 5.56 Å². The zero-order valence-electron chi connectivity index (χ0n) is 7.77. The van der Waals surface area contributed by atoms with Crippen molar-refractivity contribution in [1.29, 1.82) is 0 Å². The predicted molar refractivity (Wildman–Crippen MR) is 51.6 cm³/mol. The molecule has 6 heteroatoms. The Morgan fingerprint density at radius 1 is 1.33 bits per heavy atom. The summed E-state index contributed by atoms with van der Waals surface area (Å²) in [6.45, 7) is -0.0844. The summed E-state index contributed by atoms with van der Waals surface area (Å²) < 4.78 is 46.8. The molecule has 0 aliphatic heterocycles. The molecule has 0 spiro atoms. The summed E-state index contributed by atoms with van der Waals surface area (Å²) in [7, 11) is 1.39. The Bertz CT molecular complexity index is 339. The van der Waals surface area contributed by atoms with Crippen LogP contribution in [0.25, 0.3) is 0 Å². The van der Waals surface area contributed by atoms with Gasteiger partial charge in [-0.05, 0) is 18.2 Å². The van der Waals surface area contributed by atoms with E-state index in [9.17, 15) is 13.2 Å². The number of rotatable bonds is 3. The van der Waals surface area contributed by atoms with E-state index < -0.39 is 11.7 Å². The van der Waals surface area contributed by atoms with Gasteiger partial charge in [0.2, 0.25) is 0 Å². The SMILES string of the molecule is COCOc1ccc(Br)c(C(F)(F)F)c1. The van der Waals surface area contributed by atoms with Crippen LogP contribution in [0.2, 0.25) is 0 Å². The molecule has 0 aromatic heterocycles. The highest BCUT2D eigenvalue weighted by molar-refractivity contribution is 9.10. The second-order valence-electron chi connectivity index (χ2n) is 2.69. The fourth-order valence-corrected chi connectivity index (χ4v) is 1.41. The van der Waals surface area contributed by atoms with Crippen molar-refractivity contribution in [3.63, 3.8) is 0 Å². The Morgan fingerprint density at radius 3 is 2.53 bits per heavy atom. The van der Waals surface area contributed by atoms with Crippen LogP contribution in [0, 0.1) is 0 Å². The standard InChI is InChI=1S/C9H8BrF3O2/c1-14-5-15-6-2-3-8(10)7(4-6)9(11,12)13/h2-4H,5H2,1H3. The third-order valence-electron chi connectivity index (χ3n) is 1.59. The topological polar surface area (TPSA) is 18.5 Å². The van der Waals surface area contributed by atoms with Gasteiger partial charge in [-0.1, -0.05) is 15.9 Å². The van der Waals surface area contributed by atoms with Crippen molar-refractivity contribution in [1.82, 2.24) is 0 Å². The minimum Gasteiger partial charge on any atom is -0.468 e. The summed E-state index contributed by atoms with van der Waals surface area (Å²) in [4.78, 5) is 0. The van der Waals surface area contributed by atoms with Gasteiger partial charge in [0.1, 0.15) is 5.75 Å². The Labute approximate surface area is 93.1 Å². The van der Waals surface area contributed by atoms with Crippen LogP contribution in [-0.2, 0) is 10.9 Å². The average molecular weight is 285 g/mol. The third-order valence-corrected chi connectivity index (χ3v) is 2.28. The second-order valence-corrected chi connectivity index (χ2v) is 3.54. The first kappa shape index (κ1) is 12.3. The van der Waals surface area contributed by atoms with E-state index in [1.54, 1.807) is 0 Å². The second kappa shape index (κ2) is 4.85. The fourth-order valence-electron chi connectivity index (χ4n) is 0.938. The highest BCUT2D eigenvalue weighted by atomic mass is 79.9. The molecule has 0 amide bonds. The van der Waals surface area contributed by atoms with Crippen LogP contribution in [-0.4, -0.2) is 13.9 Å². The van der Waals surface area contributed by atoms with Gasteiger partial charge >= 0.3 is 6.18 Å². The van der Waals surface area contributed by atoms with E-state index in [0.717, 1.165) is 6.07 Å². The molecule has 0 heterocycles. The van der Waals surface area contributed by atoms with Gasteiger partial charge in [-0.2, -0.15) is 13.2 Å². The Balaban J connectivity index is 2.95. The molecule has 0 aliphatic rings. The Hall–Kier alpha value is -0.750. The van der Waals surface area contributed by atoms with E-state index in [1.807, 2.05) is 0 Å². The molecular formula is C9H8BrF3O2. The number of ether oxygens (including phenoxy) is 2. The lowest BCUT2D eigenvalue weighted by atomic mass is 10.2. The molecule has 1 rings (SSSR count). The van der Waals surface area contributed by atoms with Crippen LogP contribution in [0.5, 0.6) is 5.75 Å². The highest BCUT2D eigenvalue weighted by Crippen LogP contribution is 2.36. The molecule has 1 aromatic rings. The van der Waals surface area contributed by atoms with Gasteiger partial charge in [0.15, 0.2) is 6.79 Å². The van der Waals surface area contributed by atoms with E-state index in [-0.39, 0.29) is 17.0 Å². The number of methoxy groups -OCH3 is 1. The van der Waals surface area contributed by atoms with Gasteiger partial charge in [0, 0.05) is 11.6 Å².